The lowest BCUT2D eigenvalue weighted by atomic mass is 9.79. The number of hydrogen-bond acceptors (Lipinski definition) is 3. The average Bonchev–Trinajstić information content (AvgIpc) is 3.22. The summed E-state index contributed by atoms with van der Waals surface area (Å²) in [7, 11) is 2.26. The molecule has 1 N–H and O–H groups in total. The van der Waals surface area contributed by atoms with Crippen LogP contribution in [0.5, 0.6) is 0 Å². The average molecular weight is 437 g/mol. The summed E-state index contributed by atoms with van der Waals surface area (Å²) in [6.07, 6.45) is 0. The van der Waals surface area contributed by atoms with Gasteiger partial charge in [0, 0.05) is 37.4 Å². The summed E-state index contributed by atoms with van der Waals surface area (Å²) in [5.74, 6) is 0.953. The van der Waals surface area contributed by atoms with E-state index in [1.165, 1.54) is 16.7 Å². The van der Waals surface area contributed by atoms with Crippen LogP contribution < -0.4 is 0 Å². The first-order valence-electron chi connectivity index (χ1n) is 11.7. The van der Waals surface area contributed by atoms with Gasteiger partial charge in [0.05, 0.1) is 11.2 Å². The first kappa shape index (κ1) is 21.6. The summed E-state index contributed by atoms with van der Waals surface area (Å²) in [6, 6.07) is 30.4. The van der Waals surface area contributed by atoms with Crippen molar-refractivity contribution in [3.8, 4) is 11.4 Å². The summed E-state index contributed by atoms with van der Waals surface area (Å²) < 4.78 is 0. The molecule has 0 unspecified atom stereocenters. The molecule has 2 heterocycles. The minimum absolute atomic E-state index is 0.190. The Hall–Kier alpha value is -3.21. The van der Waals surface area contributed by atoms with E-state index in [9.17, 15) is 0 Å². The van der Waals surface area contributed by atoms with Crippen molar-refractivity contribution < 1.29 is 0 Å². The molecule has 0 atom stereocenters. The summed E-state index contributed by atoms with van der Waals surface area (Å²) in [5, 5.41) is 0. The Kier molecular flexibility index (Phi) is 5.88. The fraction of sp³-hybridized carbons (Fsp3) is 0.276. The molecule has 1 aliphatic rings. The van der Waals surface area contributed by atoms with Crippen molar-refractivity contribution >= 4 is 0 Å². The number of hydrogen-bond donors (Lipinski definition) is 1. The molecule has 0 aliphatic carbocycles. The molecule has 0 bridgehead atoms. The third-order valence-corrected chi connectivity index (χ3v) is 7.04. The van der Waals surface area contributed by atoms with E-state index in [-0.39, 0.29) is 5.54 Å². The van der Waals surface area contributed by atoms with Crippen LogP contribution in [-0.2, 0) is 12.1 Å². The van der Waals surface area contributed by atoms with Crippen LogP contribution in [0.2, 0.25) is 0 Å². The Morgan fingerprint density at radius 3 is 2.03 bits per heavy atom. The van der Waals surface area contributed by atoms with E-state index >= 15 is 0 Å². The molecule has 0 amide bonds. The van der Waals surface area contributed by atoms with Crippen molar-refractivity contribution in [2.75, 3.05) is 26.7 Å². The van der Waals surface area contributed by atoms with Crippen molar-refractivity contribution in [3.63, 3.8) is 0 Å². The maximum atomic E-state index is 5.01. The van der Waals surface area contributed by atoms with Crippen LogP contribution in [0.1, 0.15) is 28.1 Å². The smallest absolute Gasteiger partial charge is 0.137 e. The maximum Gasteiger partial charge on any atom is 0.137 e. The minimum Gasteiger partial charge on any atom is -0.342 e. The Bertz CT molecular complexity index is 1160. The van der Waals surface area contributed by atoms with Gasteiger partial charge in [0.15, 0.2) is 0 Å². The number of rotatable bonds is 5. The summed E-state index contributed by atoms with van der Waals surface area (Å²) >= 11 is 0. The molecule has 1 aromatic heterocycles. The van der Waals surface area contributed by atoms with E-state index in [1.807, 2.05) is 0 Å². The molecular weight excluding hydrogens is 404 g/mol. The number of aromatic amines is 1. The first-order valence-corrected chi connectivity index (χ1v) is 11.7. The van der Waals surface area contributed by atoms with Crippen LogP contribution in [0.3, 0.4) is 0 Å². The van der Waals surface area contributed by atoms with Gasteiger partial charge in [-0.05, 0) is 32.0 Å². The number of likely N-dealkylation sites (N-methyl/N-ethyl adjacent to an activating group) is 1. The molecule has 4 nitrogen and oxygen atoms in total. The Morgan fingerprint density at radius 1 is 0.818 bits per heavy atom. The number of benzene rings is 3. The topological polar surface area (TPSA) is 35.2 Å². The number of nitrogens with zero attached hydrogens (tertiary/aromatic N) is 3. The zero-order valence-corrected chi connectivity index (χ0v) is 19.8. The van der Waals surface area contributed by atoms with E-state index in [0.717, 1.165) is 49.0 Å². The molecule has 1 fully saturated rings. The zero-order chi connectivity index (χ0) is 22.8. The van der Waals surface area contributed by atoms with Gasteiger partial charge in [-0.1, -0.05) is 90.5 Å². The lowest BCUT2D eigenvalue weighted by Crippen LogP contribution is -2.59. The van der Waals surface area contributed by atoms with Crippen LogP contribution in [0.4, 0.5) is 0 Å². The molecule has 3 aromatic carbocycles. The van der Waals surface area contributed by atoms with Crippen LogP contribution in [0, 0.1) is 13.8 Å². The van der Waals surface area contributed by atoms with Crippen LogP contribution in [0.25, 0.3) is 11.4 Å². The first-order chi connectivity index (χ1) is 16.1. The summed E-state index contributed by atoms with van der Waals surface area (Å²) in [4.78, 5) is 13.6. The Balaban J connectivity index is 1.47. The number of aromatic nitrogens is 2. The minimum atomic E-state index is -0.190. The second-order valence-corrected chi connectivity index (χ2v) is 9.25. The number of aryl methyl sites for hydroxylation is 2. The highest BCUT2D eigenvalue weighted by Crippen LogP contribution is 2.38. The lowest BCUT2D eigenvalue weighted by Gasteiger charge is -2.50. The Labute approximate surface area is 196 Å². The molecular formula is C29H32N4. The monoisotopic (exact) mass is 436 g/mol. The lowest BCUT2D eigenvalue weighted by molar-refractivity contribution is 0.0349. The van der Waals surface area contributed by atoms with E-state index < -0.39 is 0 Å². The third-order valence-electron chi connectivity index (χ3n) is 7.04. The predicted octanol–water partition coefficient (Wildman–Crippen LogP) is 5.38. The second kappa shape index (κ2) is 8.97. The van der Waals surface area contributed by atoms with Gasteiger partial charge < -0.3 is 4.98 Å². The number of piperazine rings is 1. The zero-order valence-electron chi connectivity index (χ0n) is 19.8. The molecule has 4 aromatic rings. The van der Waals surface area contributed by atoms with Crippen LogP contribution in [-0.4, -0.2) is 46.4 Å². The van der Waals surface area contributed by atoms with Crippen molar-refractivity contribution in [1.29, 1.82) is 0 Å². The van der Waals surface area contributed by atoms with Gasteiger partial charge in [-0.3, -0.25) is 9.80 Å². The SMILES string of the molecule is Cc1ccc(-c2nc(CN3CCN(C)C(c4ccccc4)(c4ccccc4)C3)c(C)[nH]2)cc1. The van der Waals surface area contributed by atoms with Gasteiger partial charge in [-0.15, -0.1) is 0 Å². The normalized spacial score (nSPS) is 16.7. The van der Waals surface area contributed by atoms with E-state index in [1.54, 1.807) is 0 Å². The van der Waals surface area contributed by atoms with Gasteiger partial charge in [0.2, 0.25) is 0 Å². The molecule has 1 aliphatic heterocycles. The summed E-state index contributed by atoms with van der Waals surface area (Å²) in [6.45, 7) is 8.02. The second-order valence-electron chi connectivity index (χ2n) is 9.25. The third kappa shape index (κ3) is 4.12. The maximum absolute atomic E-state index is 5.01. The number of H-pyrrole nitrogens is 1. The highest BCUT2D eigenvalue weighted by atomic mass is 15.3. The fourth-order valence-corrected chi connectivity index (χ4v) is 5.07. The highest BCUT2D eigenvalue weighted by molar-refractivity contribution is 5.56. The van der Waals surface area contributed by atoms with Crippen molar-refractivity contribution in [1.82, 2.24) is 19.8 Å². The van der Waals surface area contributed by atoms with Crippen molar-refractivity contribution in [3.05, 3.63) is 113 Å². The molecule has 5 rings (SSSR count). The largest absolute Gasteiger partial charge is 0.342 e. The van der Waals surface area contributed by atoms with E-state index in [0.29, 0.717) is 0 Å². The van der Waals surface area contributed by atoms with Gasteiger partial charge in [0.25, 0.3) is 0 Å². The molecule has 33 heavy (non-hydrogen) atoms. The number of imidazole rings is 1. The van der Waals surface area contributed by atoms with E-state index in [2.05, 4.69) is 121 Å². The number of nitrogens with one attached hydrogen (secondary N) is 1. The fourth-order valence-electron chi connectivity index (χ4n) is 5.07. The predicted molar refractivity (Wildman–Crippen MR) is 135 cm³/mol. The van der Waals surface area contributed by atoms with Gasteiger partial charge in [-0.25, -0.2) is 4.98 Å². The van der Waals surface area contributed by atoms with Gasteiger partial charge >= 0.3 is 0 Å². The molecule has 4 heteroatoms. The Morgan fingerprint density at radius 2 is 1.42 bits per heavy atom. The highest BCUT2D eigenvalue weighted by Gasteiger charge is 2.42. The molecule has 0 spiro atoms. The quantitative estimate of drug-likeness (QED) is 0.456. The van der Waals surface area contributed by atoms with Gasteiger partial charge in [-0.2, -0.15) is 0 Å². The van der Waals surface area contributed by atoms with E-state index in [4.69, 9.17) is 4.98 Å². The van der Waals surface area contributed by atoms with Crippen molar-refractivity contribution in [2.45, 2.75) is 25.9 Å². The van der Waals surface area contributed by atoms with Crippen LogP contribution >= 0.6 is 0 Å². The summed E-state index contributed by atoms with van der Waals surface area (Å²) in [5.41, 5.74) is 7.16. The molecule has 1 saturated heterocycles. The standard InChI is InChI=1S/C29H32N4/c1-22-14-16-24(17-15-22)28-30-23(2)27(31-28)20-33-19-18-32(3)29(21-33,25-10-6-4-7-11-25)26-12-8-5-9-13-26/h4-17H,18-21H2,1-3H3,(H,30,31). The molecule has 0 radical (unpaired) electrons. The van der Waals surface area contributed by atoms with Gasteiger partial charge in [0.1, 0.15) is 5.82 Å². The van der Waals surface area contributed by atoms with Crippen molar-refractivity contribution in [2.24, 2.45) is 0 Å². The molecule has 0 saturated carbocycles. The molecule has 168 valence electrons. The van der Waals surface area contributed by atoms with Crippen LogP contribution in [0.15, 0.2) is 84.9 Å².